The predicted molar refractivity (Wildman–Crippen MR) is 126 cm³/mol. The van der Waals surface area contributed by atoms with Gasteiger partial charge in [-0.05, 0) is 54.4 Å². The van der Waals surface area contributed by atoms with Crippen LogP contribution in [0.4, 0.5) is 0 Å². The first-order chi connectivity index (χ1) is 15.6. The predicted octanol–water partition coefficient (Wildman–Crippen LogP) is 5.56. The second kappa shape index (κ2) is 10.1. The van der Waals surface area contributed by atoms with E-state index >= 15 is 0 Å². The van der Waals surface area contributed by atoms with E-state index in [0.717, 1.165) is 27.6 Å². The number of thiazole rings is 1. The van der Waals surface area contributed by atoms with Crippen molar-refractivity contribution >= 4 is 17.2 Å². The zero-order chi connectivity index (χ0) is 22.3. The minimum absolute atomic E-state index is 0.156. The third kappa shape index (κ3) is 5.34. The third-order valence-electron chi connectivity index (χ3n) is 5.03. The molecule has 6 heteroatoms. The molecule has 0 aliphatic rings. The van der Waals surface area contributed by atoms with Crippen molar-refractivity contribution in [2.24, 2.45) is 0 Å². The molecule has 1 atom stereocenters. The normalized spacial score (nSPS) is 11.6. The van der Waals surface area contributed by atoms with Crippen LogP contribution in [0.15, 0.2) is 84.2 Å². The Labute approximate surface area is 191 Å². The van der Waals surface area contributed by atoms with Crippen LogP contribution < -0.4 is 14.8 Å². The molecule has 162 valence electrons. The highest BCUT2D eigenvalue weighted by molar-refractivity contribution is 7.09. The van der Waals surface area contributed by atoms with Gasteiger partial charge in [0.05, 0.1) is 23.9 Å². The van der Waals surface area contributed by atoms with Crippen LogP contribution in [0.5, 0.6) is 11.5 Å². The first-order valence-corrected chi connectivity index (χ1v) is 11.1. The molecule has 0 radical (unpaired) electrons. The van der Waals surface area contributed by atoms with Gasteiger partial charge in [-0.25, -0.2) is 4.98 Å². The van der Waals surface area contributed by atoms with Gasteiger partial charge in [0.2, 0.25) is 0 Å². The third-order valence-corrected chi connectivity index (χ3v) is 5.85. The number of aryl methyl sites for hydroxylation is 1. The Morgan fingerprint density at radius 1 is 0.938 bits per heavy atom. The summed E-state index contributed by atoms with van der Waals surface area (Å²) in [7, 11) is 1.64. The maximum atomic E-state index is 13.0. The van der Waals surface area contributed by atoms with Gasteiger partial charge in [-0.15, -0.1) is 11.3 Å². The summed E-state index contributed by atoms with van der Waals surface area (Å²) in [5.41, 5.74) is 3.45. The van der Waals surface area contributed by atoms with Crippen molar-refractivity contribution in [2.75, 3.05) is 7.11 Å². The van der Waals surface area contributed by atoms with Crippen LogP contribution in [0.25, 0.3) is 0 Å². The number of hydrogen-bond donors (Lipinski definition) is 1. The number of methoxy groups -OCH3 is 1. The Balaban J connectivity index is 1.47. The molecule has 0 aliphatic carbocycles. The molecular weight excluding hydrogens is 420 g/mol. The van der Waals surface area contributed by atoms with Gasteiger partial charge in [-0.1, -0.05) is 42.5 Å². The molecule has 1 amide bonds. The number of nitrogens with one attached hydrogen (secondary N) is 1. The molecule has 5 nitrogen and oxygen atoms in total. The maximum absolute atomic E-state index is 13.0. The van der Waals surface area contributed by atoms with Crippen LogP contribution in [0.1, 0.15) is 38.2 Å². The number of aromatic nitrogens is 1. The Morgan fingerprint density at radius 2 is 1.59 bits per heavy atom. The second-order valence-corrected chi connectivity index (χ2v) is 8.32. The van der Waals surface area contributed by atoms with Gasteiger partial charge in [0, 0.05) is 10.9 Å². The highest BCUT2D eigenvalue weighted by Crippen LogP contribution is 2.25. The number of nitrogens with zero attached hydrogens (tertiary/aromatic N) is 1. The molecule has 0 spiro atoms. The van der Waals surface area contributed by atoms with Crippen LogP contribution in [-0.2, 0) is 6.61 Å². The number of hydrogen-bond acceptors (Lipinski definition) is 5. The minimum atomic E-state index is -0.279. The maximum Gasteiger partial charge on any atom is 0.252 e. The van der Waals surface area contributed by atoms with Crippen molar-refractivity contribution in [1.29, 1.82) is 0 Å². The van der Waals surface area contributed by atoms with Crippen molar-refractivity contribution < 1.29 is 14.3 Å². The molecule has 1 heterocycles. The van der Waals surface area contributed by atoms with E-state index in [1.54, 1.807) is 42.7 Å². The Bertz CT molecular complexity index is 1160. The summed E-state index contributed by atoms with van der Waals surface area (Å²) in [6.45, 7) is 2.37. The van der Waals surface area contributed by atoms with Gasteiger partial charge < -0.3 is 14.8 Å². The summed E-state index contributed by atoms with van der Waals surface area (Å²) >= 11 is 1.60. The Kier molecular flexibility index (Phi) is 6.82. The molecule has 0 fully saturated rings. The van der Waals surface area contributed by atoms with Crippen molar-refractivity contribution in [2.45, 2.75) is 19.6 Å². The number of carbonyl (C=O) groups is 1. The summed E-state index contributed by atoms with van der Waals surface area (Å²) in [6, 6.07) is 24.5. The zero-order valence-electron chi connectivity index (χ0n) is 17.9. The Hall–Kier alpha value is -3.64. The number of carbonyl (C=O) groups excluding carboxylic acids is 1. The van der Waals surface area contributed by atoms with Gasteiger partial charge in [0.1, 0.15) is 18.1 Å². The van der Waals surface area contributed by atoms with Crippen molar-refractivity contribution in [1.82, 2.24) is 10.3 Å². The molecule has 0 aliphatic heterocycles. The molecule has 4 aromatic rings. The first-order valence-electron chi connectivity index (χ1n) is 10.3. The fourth-order valence-corrected chi connectivity index (χ4v) is 3.95. The average Bonchev–Trinajstić information content (AvgIpc) is 3.27. The van der Waals surface area contributed by atoms with Gasteiger partial charge in [0.15, 0.2) is 0 Å². The number of amides is 1. The van der Waals surface area contributed by atoms with Crippen LogP contribution in [-0.4, -0.2) is 18.0 Å². The summed E-state index contributed by atoms with van der Waals surface area (Å²) in [6.07, 6.45) is 0. The molecule has 4 rings (SSSR count). The Morgan fingerprint density at radius 3 is 2.22 bits per heavy atom. The molecule has 1 N–H and O–H groups in total. The fraction of sp³-hybridized carbons (Fsp3) is 0.154. The van der Waals surface area contributed by atoms with Crippen molar-refractivity contribution in [3.63, 3.8) is 0 Å². The highest BCUT2D eigenvalue weighted by Gasteiger charge is 2.18. The molecule has 0 bridgehead atoms. The van der Waals surface area contributed by atoms with E-state index in [1.165, 1.54) is 0 Å². The largest absolute Gasteiger partial charge is 0.497 e. The number of ether oxygens (including phenoxy) is 2. The molecule has 1 unspecified atom stereocenters. The van der Waals surface area contributed by atoms with E-state index in [-0.39, 0.29) is 11.9 Å². The topological polar surface area (TPSA) is 60.5 Å². The lowest BCUT2D eigenvalue weighted by Gasteiger charge is -2.20. The molecule has 1 aromatic heterocycles. The quantitative estimate of drug-likeness (QED) is 0.387. The number of benzene rings is 3. The van der Waals surface area contributed by atoms with Crippen LogP contribution in [0, 0.1) is 6.92 Å². The second-order valence-electron chi connectivity index (χ2n) is 7.26. The lowest BCUT2D eigenvalue weighted by molar-refractivity contribution is 0.0943. The molecular formula is C26H24N2O3S. The van der Waals surface area contributed by atoms with Crippen LogP contribution in [0.2, 0.25) is 0 Å². The minimum Gasteiger partial charge on any atom is -0.497 e. The fourth-order valence-electron chi connectivity index (χ4n) is 3.35. The summed E-state index contributed by atoms with van der Waals surface area (Å²) in [5, 5.41) is 6.15. The van der Waals surface area contributed by atoms with E-state index in [0.29, 0.717) is 17.9 Å². The lowest BCUT2D eigenvalue weighted by Crippen LogP contribution is -2.29. The standard InChI is InChI=1S/C26H24N2O3S/c1-18-27-22(17-32-18)16-31-24-14-10-21(11-15-24)26(29)28-25(19-6-4-3-5-7-19)20-8-12-23(30-2)13-9-20/h3-15,17,25H,16H2,1-2H3,(H,28,29). The molecule has 0 saturated heterocycles. The monoisotopic (exact) mass is 444 g/mol. The van der Waals surface area contributed by atoms with E-state index < -0.39 is 0 Å². The van der Waals surface area contributed by atoms with Crippen molar-refractivity contribution in [3.05, 3.63) is 112 Å². The van der Waals surface area contributed by atoms with E-state index in [4.69, 9.17) is 9.47 Å². The van der Waals surface area contributed by atoms with E-state index in [2.05, 4.69) is 10.3 Å². The number of rotatable bonds is 8. The first kappa shape index (κ1) is 21.6. The molecule has 0 saturated carbocycles. The van der Waals surface area contributed by atoms with Gasteiger partial charge in [-0.3, -0.25) is 4.79 Å². The summed E-state index contributed by atoms with van der Waals surface area (Å²) in [5.74, 6) is 1.31. The molecule has 3 aromatic carbocycles. The highest BCUT2D eigenvalue weighted by atomic mass is 32.1. The lowest BCUT2D eigenvalue weighted by atomic mass is 9.98. The van der Waals surface area contributed by atoms with Crippen molar-refractivity contribution in [3.8, 4) is 11.5 Å². The van der Waals surface area contributed by atoms with Crippen LogP contribution in [0.3, 0.4) is 0 Å². The summed E-state index contributed by atoms with van der Waals surface area (Å²) < 4.78 is 11.0. The van der Waals surface area contributed by atoms with Crippen LogP contribution >= 0.6 is 11.3 Å². The van der Waals surface area contributed by atoms with E-state index in [9.17, 15) is 4.79 Å². The SMILES string of the molecule is COc1ccc(C(NC(=O)c2ccc(OCc3csc(C)n3)cc2)c2ccccc2)cc1. The van der Waals surface area contributed by atoms with Gasteiger partial charge >= 0.3 is 0 Å². The van der Waals surface area contributed by atoms with Gasteiger partial charge in [0.25, 0.3) is 5.91 Å². The van der Waals surface area contributed by atoms with E-state index in [1.807, 2.05) is 66.9 Å². The average molecular weight is 445 g/mol. The molecule has 32 heavy (non-hydrogen) atoms. The van der Waals surface area contributed by atoms with Gasteiger partial charge in [-0.2, -0.15) is 0 Å². The smallest absolute Gasteiger partial charge is 0.252 e. The zero-order valence-corrected chi connectivity index (χ0v) is 18.8. The summed E-state index contributed by atoms with van der Waals surface area (Å²) in [4.78, 5) is 17.4.